The lowest BCUT2D eigenvalue weighted by atomic mass is 9.97. The molecule has 1 aromatic heterocycles. The van der Waals surface area contributed by atoms with Gasteiger partial charge in [-0.2, -0.15) is 0 Å². The van der Waals surface area contributed by atoms with Crippen LogP contribution >= 0.6 is 0 Å². The molecule has 25 heavy (non-hydrogen) atoms. The van der Waals surface area contributed by atoms with Gasteiger partial charge >= 0.3 is 5.97 Å². The van der Waals surface area contributed by atoms with E-state index in [0.29, 0.717) is 32.4 Å². The first kappa shape index (κ1) is 17.7. The van der Waals surface area contributed by atoms with E-state index in [1.54, 1.807) is 12.3 Å². The number of ether oxygens (including phenoxy) is 1. The molecular formula is C19H26FN3O2. The summed E-state index contributed by atoms with van der Waals surface area (Å²) in [6.07, 6.45) is 7.59. The molecule has 5 nitrogen and oxygen atoms in total. The molecular weight excluding hydrogens is 321 g/mol. The molecule has 0 bridgehead atoms. The third-order valence-corrected chi connectivity index (χ3v) is 4.94. The molecule has 1 fully saturated rings. The monoisotopic (exact) mass is 347 g/mol. The van der Waals surface area contributed by atoms with Crippen molar-refractivity contribution in [2.45, 2.75) is 44.2 Å². The number of pyridine rings is 1. The average molecular weight is 347 g/mol. The predicted octanol–water partition coefficient (Wildman–Crippen LogP) is 2.86. The topological polar surface area (TPSA) is 54.5 Å². The number of aryl methyl sites for hydroxylation is 2. The van der Waals surface area contributed by atoms with Gasteiger partial charge in [-0.05, 0) is 43.5 Å². The van der Waals surface area contributed by atoms with Gasteiger partial charge in [0.25, 0.3) is 0 Å². The van der Waals surface area contributed by atoms with E-state index < -0.39 is 5.67 Å². The summed E-state index contributed by atoms with van der Waals surface area (Å²) in [5, 5.41) is 3.32. The van der Waals surface area contributed by atoms with Crippen LogP contribution in [0.25, 0.3) is 0 Å². The minimum absolute atomic E-state index is 0.221. The number of hydrogen-bond donors (Lipinski definition) is 1. The fourth-order valence-electron chi connectivity index (χ4n) is 3.44. The number of methoxy groups -OCH3 is 1. The highest BCUT2D eigenvalue weighted by atomic mass is 19.1. The van der Waals surface area contributed by atoms with E-state index in [2.05, 4.69) is 21.1 Å². The second-order valence-electron chi connectivity index (χ2n) is 6.88. The van der Waals surface area contributed by atoms with E-state index in [1.807, 2.05) is 11.0 Å². The average Bonchev–Trinajstić information content (AvgIpc) is 3.01. The highest BCUT2D eigenvalue weighted by Gasteiger charge is 2.36. The lowest BCUT2D eigenvalue weighted by Crippen LogP contribution is -2.27. The number of halogens is 1. The van der Waals surface area contributed by atoms with E-state index in [4.69, 9.17) is 0 Å². The number of carbonyl (C=O) groups excluding carboxylic acids is 1. The standard InChI is InChI=1S/C19H26FN3O2/c1-25-17(24)5-3-12-23-13-10-19(20,14-23)9-8-16-7-6-15-4-2-11-21-18(15)22-16/h3,6-7,12H,2,4-5,8-11,13-14H2,1H3,(H,21,22)/b12-3+. The zero-order valence-corrected chi connectivity index (χ0v) is 14.8. The van der Waals surface area contributed by atoms with Crippen molar-refractivity contribution in [3.8, 4) is 0 Å². The van der Waals surface area contributed by atoms with Crippen LogP contribution in [0.15, 0.2) is 24.4 Å². The van der Waals surface area contributed by atoms with Crippen molar-refractivity contribution in [1.82, 2.24) is 9.88 Å². The molecule has 1 unspecified atom stereocenters. The normalized spacial score (nSPS) is 22.7. The molecule has 0 amide bonds. The zero-order valence-electron chi connectivity index (χ0n) is 14.8. The van der Waals surface area contributed by atoms with Crippen LogP contribution < -0.4 is 5.32 Å². The summed E-state index contributed by atoms with van der Waals surface area (Å²) in [7, 11) is 1.36. The Labute approximate surface area is 148 Å². The first-order chi connectivity index (χ1) is 12.1. The van der Waals surface area contributed by atoms with E-state index in [1.165, 1.54) is 12.7 Å². The number of carbonyl (C=O) groups is 1. The number of aromatic nitrogens is 1. The maximum atomic E-state index is 15.0. The third-order valence-electron chi connectivity index (χ3n) is 4.94. The zero-order chi connectivity index (χ0) is 17.7. The summed E-state index contributed by atoms with van der Waals surface area (Å²) >= 11 is 0. The largest absolute Gasteiger partial charge is 0.469 e. The maximum Gasteiger partial charge on any atom is 0.309 e. The summed E-state index contributed by atoms with van der Waals surface area (Å²) in [5.74, 6) is 0.685. The van der Waals surface area contributed by atoms with Crippen molar-refractivity contribution in [2.24, 2.45) is 0 Å². The molecule has 1 saturated heterocycles. The van der Waals surface area contributed by atoms with Crippen LogP contribution in [0.1, 0.15) is 36.9 Å². The molecule has 0 spiro atoms. The Morgan fingerprint density at radius 1 is 1.52 bits per heavy atom. The van der Waals surface area contributed by atoms with Crippen molar-refractivity contribution in [3.05, 3.63) is 35.7 Å². The van der Waals surface area contributed by atoms with Crippen LogP contribution in [0.4, 0.5) is 10.2 Å². The van der Waals surface area contributed by atoms with Gasteiger partial charge in [0.1, 0.15) is 11.5 Å². The van der Waals surface area contributed by atoms with E-state index in [0.717, 1.165) is 30.9 Å². The molecule has 136 valence electrons. The number of likely N-dealkylation sites (tertiary alicyclic amines) is 1. The number of nitrogens with zero attached hydrogens (tertiary/aromatic N) is 2. The second-order valence-corrected chi connectivity index (χ2v) is 6.88. The maximum absolute atomic E-state index is 15.0. The van der Waals surface area contributed by atoms with Crippen LogP contribution in [0, 0.1) is 0 Å². The highest BCUT2D eigenvalue weighted by molar-refractivity contribution is 5.70. The SMILES string of the molecule is COC(=O)C/C=C/N1CCC(F)(CCc2ccc3c(n2)NCCC3)C1. The van der Waals surface area contributed by atoms with Crippen molar-refractivity contribution in [2.75, 3.05) is 32.1 Å². The molecule has 0 saturated carbocycles. The number of anilines is 1. The fourth-order valence-corrected chi connectivity index (χ4v) is 3.44. The number of fused-ring (bicyclic) bond motifs is 1. The first-order valence-electron chi connectivity index (χ1n) is 8.97. The van der Waals surface area contributed by atoms with Crippen LogP contribution in [-0.2, 0) is 22.4 Å². The lowest BCUT2D eigenvalue weighted by Gasteiger charge is -2.21. The van der Waals surface area contributed by atoms with Crippen molar-refractivity contribution < 1.29 is 13.9 Å². The Bertz CT molecular complexity index is 650. The van der Waals surface area contributed by atoms with Crippen LogP contribution in [0.5, 0.6) is 0 Å². The minimum atomic E-state index is -1.19. The van der Waals surface area contributed by atoms with Gasteiger partial charge in [0.05, 0.1) is 20.1 Å². The molecule has 0 aromatic carbocycles. The minimum Gasteiger partial charge on any atom is -0.469 e. The number of rotatable bonds is 6. The smallest absolute Gasteiger partial charge is 0.309 e. The van der Waals surface area contributed by atoms with E-state index in [9.17, 15) is 4.79 Å². The summed E-state index contributed by atoms with van der Waals surface area (Å²) in [6, 6.07) is 4.14. The van der Waals surface area contributed by atoms with Gasteiger partial charge in [0.15, 0.2) is 0 Å². The van der Waals surface area contributed by atoms with Crippen molar-refractivity contribution in [3.63, 3.8) is 0 Å². The summed E-state index contributed by atoms with van der Waals surface area (Å²) in [6.45, 7) is 2.00. The molecule has 6 heteroatoms. The van der Waals surface area contributed by atoms with E-state index >= 15 is 4.39 Å². The number of esters is 1. The molecule has 1 aromatic rings. The summed E-state index contributed by atoms with van der Waals surface area (Å²) < 4.78 is 19.6. The van der Waals surface area contributed by atoms with Crippen molar-refractivity contribution in [1.29, 1.82) is 0 Å². The Balaban J connectivity index is 1.50. The molecule has 2 aliphatic rings. The Morgan fingerprint density at radius 2 is 2.40 bits per heavy atom. The quantitative estimate of drug-likeness (QED) is 0.802. The van der Waals surface area contributed by atoms with Gasteiger partial charge < -0.3 is 15.0 Å². The third kappa shape index (κ3) is 4.71. The van der Waals surface area contributed by atoms with Crippen LogP contribution in [0.2, 0.25) is 0 Å². The molecule has 3 heterocycles. The molecule has 2 aliphatic heterocycles. The number of nitrogens with one attached hydrogen (secondary N) is 1. The predicted molar refractivity (Wildman–Crippen MR) is 95.2 cm³/mol. The summed E-state index contributed by atoms with van der Waals surface area (Å²) in [5.41, 5.74) is 1.01. The van der Waals surface area contributed by atoms with Gasteiger partial charge in [-0.25, -0.2) is 9.37 Å². The van der Waals surface area contributed by atoms with Gasteiger partial charge in [-0.1, -0.05) is 12.1 Å². The fraction of sp³-hybridized carbons (Fsp3) is 0.579. The molecule has 0 radical (unpaired) electrons. The van der Waals surface area contributed by atoms with Crippen LogP contribution in [-0.4, -0.2) is 48.3 Å². The number of alkyl halides is 1. The van der Waals surface area contributed by atoms with Gasteiger partial charge in [0.2, 0.25) is 0 Å². The lowest BCUT2D eigenvalue weighted by molar-refractivity contribution is -0.139. The Morgan fingerprint density at radius 3 is 3.24 bits per heavy atom. The Hall–Kier alpha value is -2.11. The molecule has 3 rings (SSSR count). The highest BCUT2D eigenvalue weighted by Crippen LogP contribution is 2.31. The Kier molecular flexibility index (Phi) is 5.56. The summed E-state index contributed by atoms with van der Waals surface area (Å²) in [4.78, 5) is 17.7. The van der Waals surface area contributed by atoms with Crippen molar-refractivity contribution >= 4 is 11.8 Å². The molecule has 1 atom stereocenters. The number of hydrogen-bond acceptors (Lipinski definition) is 5. The molecule has 1 N–H and O–H groups in total. The van der Waals surface area contributed by atoms with E-state index in [-0.39, 0.29) is 12.4 Å². The van der Waals surface area contributed by atoms with Crippen LogP contribution in [0.3, 0.4) is 0 Å². The van der Waals surface area contributed by atoms with Gasteiger partial charge in [0, 0.05) is 25.2 Å². The van der Waals surface area contributed by atoms with Gasteiger partial charge in [-0.3, -0.25) is 4.79 Å². The van der Waals surface area contributed by atoms with Gasteiger partial charge in [-0.15, -0.1) is 0 Å². The second kappa shape index (κ2) is 7.85. The first-order valence-corrected chi connectivity index (χ1v) is 8.97. The molecule has 0 aliphatic carbocycles.